The number of anilines is 1. The third-order valence-electron chi connectivity index (χ3n) is 2.51. The third-order valence-corrected chi connectivity index (χ3v) is 3.99. The summed E-state index contributed by atoms with van der Waals surface area (Å²) in [6, 6.07) is 0. The lowest BCUT2D eigenvalue weighted by molar-refractivity contribution is 0.0691. The van der Waals surface area contributed by atoms with Crippen LogP contribution in [0.15, 0.2) is 9.31 Å². The molecule has 0 bridgehead atoms. The second kappa shape index (κ2) is 4.63. The van der Waals surface area contributed by atoms with Gasteiger partial charge in [-0.3, -0.25) is 5.10 Å². The molecule has 2 heterocycles. The molecule has 0 aliphatic carbocycles. The van der Waals surface area contributed by atoms with E-state index in [-0.39, 0.29) is 17.5 Å². The highest BCUT2D eigenvalue weighted by Gasteiger charge is 2.31. The molecule has 20 heavy (non-hydrogen) atoms. The van der Waals surface area contributed by atoms with E-state index in [0.29, 0.717) is 5.82 Å². The third kappa shape index (κ3) is 2.37. The van der Waals surface area contributed by atoms with Crippen molar-refractivity contribution in [1.29, 1.82) is 0 Å². The van der Waals surface area contributed by atoms with Gasteiger partial charge in [0.1, 0.15) is 27.8 Å². The van der Waals surface area contributed by atoms with Gasteiger partial charge in [0.2, 0.25) is 0 Å². The predicted octanol–water partition coefficient (Wildman–Crippen LogP) is 0.822. The van der Waals surface area contributed by atoms with E-state index in [9.17, 15) is 13.2 Å². The quantitative estimate of drug-likeness (QED) is 0.759. The van der Waals surface area contributed by atoms with Gasteiger partial charge < -0.3 is 9.52 Å². The highest BCUT2D eigenvalue weighted by molar-refractivity contribution is 7.92. The molecule has 2 aromatic rings. The van der Waals surface area contributed by atoms with Gasteiger partial charge in [0.15, 0.2) is 0 Å². The predicted molar refractivity (Wildman–Crippen MR) is 67.1 cm³/mol. The number of H-pyrrole nitrogens is 1. The number of carboxylic acids is 1. The number of hydrogen-bond acceptors (Lipinski definition) is 6. The van der Waals surface area contributed by atoms with Gasteiger partial charge in [-0.1, -0.05) is 0 Å². The smallest absolute Gasteiger partial charge is 0.340 e. The first-order chi connectivity index (χ1) is 9.22. The minimum atomic E-state index is -4.16. The number of nitrogens with one attached hydrogen (secondary N) is 2. The van der Waals surface area contributed by atoms with Crippen molar-refractivity contribution in [2.45, 2.75) is 25.7 Å². The molecule has 0 aromatic carbocycles. The average Bonchev–Trinajstić information content (AvgIpc) is 2.81. The van der Waals surface area contributed by atoms with Gasteiger partial charge >= 0.3 is 5.97 Å². The summed E-state index contributed by atoms with van der Waals surface area (Å²) >= 11 is 0. The number of hydrogen-bond donors (Lipinski definition) is 3. The van der Waals surface area contributed by atoms with Crippen molar-refractivity contribution in [3.05, 3.63) is 22.9 Å². The van der Waals surface area contributed by atoms with Crippen LogP contribution in [0, 0.1) is 20.8 Å². The highest BCUT2D eigenvalue weighted by atomic mass is 32.2. The van der Waals surface area contributed by atoms with E-state index in [1.807, 2.05) is 0 Å². The summed E-state index contributed by atoms with van der Waals surface area (Å²) in [5, 5.41) is 15.2. The van der Waals surface area contributed by atoms with Gasteiger partial charge in [-0.15, -0.1) is 5.10 Å². The van der Waals surface area contributed by atoms with Crippen molar-refractivity contribution < 1.29 is 22.7 Å². The van der Waals surface area contributed by atoms with E-state index in [2.05, 4.69) is 19.9 Å². The second-order valence-corrected chi connectivity index (χ2v) is 5.69. The molecule has 0 saturated heterocycles. The van der Waals surface area contributed by atoms with Crippen molar-refractivity contribution in [2.75, 3.05) is 4.72 Å². The van der Waals surface area contributed by atoms with Gasteiger partial charge in [0, 0.05) is 0 Å². The molecule has 10 heteroatoms. The van der Waals surface area contributed by atoms with Crippen LogP contribution in [-0.2, 0) is 10.0 Å². The molecular weight excluding hydrogens is 288 g/mol. The lowest BCUT2D eigenvalue weighted by Crippen LogP contribution is -2.17. The molecular formula is C10H12N4O5S. The standard InChI is InChI=1S/C10H12N4O5S/c1-4-7(9(15)16)8(5(2)19-4)20(17,18)14-10-11-6(3)12-13-10/h1-3H3,(H,15,16)(H2,11,12,13,14). The summed E-state index contributed by atoms with van der Waals surface area (Å²) in [6.07, 6.45) is 0. The second-order valence-electron chi connectivity index (χ2n) is 4.07. The first-order valence-electron chi connectivity index (χ1n) is 5.47. The van der Waals surface area contributed by atoms with Crippen molar-refractivity contribution >= 4 is 21.9 Å². The molecule has 0 unspecified atom stereocenters. The molecule has 108 valence electrons. The monoisotopic (exact) mass is 300 g/mol. The number of nitrogens with zero attached hydrogens (tertiary/aromatic N) is 2. The van der Waals surface area contributed by atoms with Crippen LogP contribution in [0.2, 0.25) is 0 Å². The van der Waals surface area contributed by atoms with Gasteiger partial charge in [-0.2, -0.15) is 4.98 Å². The summed E-state index contributed by atoms with van der Waals surface area (Å²) in [5.41, 5.74) is -0.401. The summed E-state index contributed by atoms with van der Waals surface area (Å²) in [5.74, 6) is -1.13. The zero-order valence-corrected chi connectivity index (χ0v) is 11.7. The molecule has 0 aliphatic rings. The Labute approximate surface area is 114 Å². The molecule has 0 fully saturated rings. The zero-order chi connectivity index (χ0) is 15.1. The van der Waals surface area contributed by atoms with Crippen molar-refractivity contribution in [1.82, 2.24) is 15.2 Å². The number of sulfonamides is 1. The topological polar surface area (TPSA) is 138 Å². The van der Waals surface area contributed by atoms with E-state index in [1.165, 1.54) is 13.8 Å². The molecule has 2 aromatic heterocycles. The number of carboxylic acid groups (broad SMARTS) is 1. The molecule has 3 N–H and O–H groups in total. The highest BCUT2D eigenvalue weighted by Crippen LogP contribution is 2.27. The Hall–Kier alpha value is -2.36. The van der Waals surface area contributed by atoms with Crippen LogP contribution in [0.1, 0.15) is 27.7 Å². The summed E-state index contributed by atoms with van der Waals surface area (Å²) in [6.45, 7) is 4.35. The van der Waals surface area contributed by atoms with Crippen LogP contribution in [-0.4, -0.2) is 34.7 Å². The number of aryl methyl sites for hydroxylation is 3. The number of aromatic carboxylic acids is 1. The van der Waals surface area contributed by atoms with E-state index in [1.54, 1.807) is 6.92 Å². The van der Waals surface area contributed by atoms with E-state index in [0.717, 1.165) is 0 Å². The van der Waals surface area contributed by atoms with Crippen LogP contribution in [0.25, 0.3) is 0 Å². The largest absolute Gasteiger partial charge is 0.478 e. The Bertz CT molecular complexity index is 774. The fourth-order valence-corrected chi connectivity index (χ4v) is 3.15. The Morgan fingerprint density at radius 1 is 1.30 bits per heavy atom. The molecule has 0 atom stereocenters. The summed E-state index contributed by atoms with van der Waals surface area (Å²) in [7, 11) is -4.16. The maximum absolute atomic E-state index is 12.2. The van der Waals surface area contributed by atoms with Crippen LogP contribution in [0.5, 0.6) is 0 Å². The van der Waals surface area contributed by atoms with Crippen LogP contribution >= 0.6 is 0 Å². The average molecular weight is 300 g/mol. The van der Waals surface area contributed by atoms with Crippen LogP contribution in [0.3, 0.4) is 0 Å². The first kappa shape index (κ1) is 14.1. The van der Waals surface area contributed by atoms with Crippen LogP contribution < -0.4 is 4.72 Å². The van der Waals surface area contributed by atoms with Gasteiger partial charge in [-0.05, 0) is 20.8 Å². The molecule has 0 aliphatic heterocycles. The number of aromatic amines is 1. The molecule has 0 amide bonds. The minimum Gasteiger partial charge on any atom is -0.478 e. The Balaban J connectivity index is 2.52. The maximum atomic E-state index is 12.2. The molecule has 0 radical (unpaired) electrons. The fraction of sp³-hybridized carbons (Fsp3) is 0.300. The Kier molecular flexibility index (Phi) is 3.26. The lowest BCUT2D eigenvalue weighted by atomic mass is 10.2. The number of rotatable bonds is 4. The van der Waals surface area contributed by atoms with Crippen molar-refractivity contribution in [3.63, 3.8) is 0 Å². The first-order valence-corrected chi connectivity index (χ1v) is 6.96. The lowest BCUT2D eigenvalue weighted by Gasteiger charge is -2.04. The van der Waals surface area contributed by atoms with Crippen molar-refractivity contribution in [2.24, 2.45) is 0 Å². The van der Waals surface area contributed by atoms with E-state index >= 15 is 0 Å². The Morgan fingerprint density at radius 2 is 1.95 bits per heavy atom. The fourth-order valence-electron chi connectivity index (χ4n) is 1.79. The van der Waals surface area contributed by atoms with Crippen LogP contribution in [0.4, 0.5) is 5.95 Å². The van der Waals surface area contributed by atoms with E-state index in [4.69, 9.17) is 9.52 Å². The number of carbonyl (C=O) groups is 1. The van der Waals surface area contributed by atoms with Gasteiger partial charge in [0.05, 0.1) is 0 Å². The van der Waals surface area contributed by atoms with Gasteiger partial charge in [0.25, 0.3) is 16.0 Å². The van der Waals surface area contributed by atoms with Gasteiger partial charge in [-0.25, -0.2) is 17.9 Å². The Morgan fingerprint density at radius 3 is 2.45 bits per heavy atom. The number of furan rings is 1. The molecule has 2 rings (SSSR count). The SMILES string of the molecule is Cc1nc(NS(=O)(=O)c2c(C)oc(C)c2C(=O)O)n[nH]1. The molecule has 9 nitrogen and oxygen atoms in total. The normalized spacial score (nSPS) is 11.6. The minimum absolute atomic E-state index is 0.0142. The maximum Gasteiger partial charge on any atom is 0.340 e. The van der Waals surface area contributed by atoms with Crippen molar-refractivity contribution in [3.8, 4) is 0 Å². The molecule has 0 saturated carbocycles. The number of aromatic nitrogens is 3. The molecule has 0 spiro atoms. The van der Waals surface area contributed by atoms with E-state index < -0.39 is 26.5 Å². The summed E-state index contributed by atoms with van der Waals surface area (Å²) < 4.78 is 31.7. The zero-order valence-electron chi connectivity index (χ0n) is 10.9. The summed E-state index contributed by atoms with van der Waals surface area (Å²) in [4.78, 5) is 14.5.